The fourth-order valence-corrected chi connectivity index (χ4v) is 1.22. The zero-order valence-electron chi connectivity index (χ0n) is 8.20. The van der Waals surface area contributed by atoms with Crippen molar-refractivity contribution in [2.75, 3.05) is 7.11 Å². The molecular formula is C10H14FNO2. The Balaban J connectivity index is 3.07. The van der Waals surface area contributed by atoms with E-state index in [9.17, 15) is 9.50 Å². The van der Waals surface area contributed by atoms with Gasteiger partial charge in [-0.3, -0.25) is 0 Å². The molecule has 0 saturated carbocycles. The van der Waals surface area contributed by atoms with E-state index in [4.69, 9.17) is 10.5 Å². The van der Waals surface area contributed by atoms with Crippen LogP contribution in [0.25, 0.3) is 0 Å². The summed E-state index contributed by atoms with van der Waals surface area (Å²) in [5.41, 5.74) is 6.31. The van der Waals surface area contributed by atoms with Gasteiger partial charge in [0, 0.05) is 11.6 Å². The standard InChI is InChI=1S/C10H14FNO2/c1-6(13)10(12)8-4-3-7(11)5-9(8)14-2/h3-6,10,13H,12H2,1-2H3/t6-,10-/m0/s1. The van der Waals surface area contributed by atoms with Crippen LogP contribution in [0.15, 0.2) is 18.2 Å². The molecule has 1 aromatic carbocycles. The number of methoxy groups -OCH3 is 1. The molecule has 1 aromatic rings. The van der Waals surface area contributed by atoms with Crippen LogP contribution in [0, 0.1) is 5.82 Å². The molecule has 0 heterocycles. The van der Waals surface area contributed by atoms with Crippen molar-refractivity contribution >= 4 is 0 Å². The zero-order chi connectivity index (χ0) is 10.7. The number of ether oxygens (including phenoxy) is 1. The average Bonchev–Trinajstić information content (AvgIpc) is 2.16. The minimum atomic E-state index is -0.700. The van der Waals surface area contributed by atoms with E-state index in [1.807, 2.05) is 0 Å². The van der Waals surface area contributed by atoms with Crippen LogP contribution < -0.4 is 10.5 Å². The summed E-state index contributed by atoms with van der Waals surface area (Å²) in [7, 11) is 1.44. The third-order valence-corrected chi connectivity index (χ3v) is 2.07. The molecule has 0 fully saturated rings. The largest absolute Gasteiger partial charge is 0.496 e. The summed E-state index contributed by atoms with van der Waals surface area (Å²) in [4.78, 5) is 0. The Bertz CT molecular complexity index is 315. The molecular weight excluding hydrogens is 185 g/mol. The predicted octanol–water partition coefficient (Wildman–Crippen LogP) is 1.21. The van der Waals surface area contributed by atoms with Crippen molar-refractivity contribution in [3.05, 3.63) is 29.6 Å². The number of hydrogen-bond donors (Lipinski definition) is 2. The highest BCUT2D eigenvalue weighted by molar-refractivity contribution is 5.36. The van der Waals surface area contributed by atoms with Crippen LogP contribution in [-0.2, 0) is 0 Å². The number of benzene rings is 1. The Morgan fingerprint density at radius 2 is 2.14 bits per heavy atom. The van der Waals surface area contributed by atoms with Crippen LogP contribution in [-0.4, -0.2) is 18.3 Å². The summed E-state index contributed by atoms with van der Waals surface area (Å²) in [6, 6.07) is 3.49. The van der Waals surface area contributed by atoms with Crippen LogP contribution in [0.5, 0.6) is 5.75 Å². The molecule has 0 bridgehead atoms. The average molecular weight is 199 g/mol. The van der Waals surface area contributed by atoms with Gasteiger partial charge in [0.25, 0.3) is 0 Å². The minimum absolute atomic E-state index is 0.360. The molecule has 0 spiro atoms. The number of hydrogen-bond acceptors (Lipinski definition) is 3. The maximum atomic E-state index is 12.8. The SMILES string of the molecule is COc1cc(F)ccc1[C@@H](N)[C@H](C)O. The first-order chi connectivity index (χ1) is 6.56. The van der Waals surface area contributed by atoms with Crippen molar-refractivity contribution in [1.82, 2.24) is 0 Å². The van der Waals surface area contributed by atoms with Crippen molar-refractivity contribution in [3.8, 4) is 5.75 Å². The quantitative estimate of drug-likeness (QED) is 0.769. The lowest BCUT2D eigenvalue weighted by molar-refractivity contribution is 0.162. The van der Waals surface area contributed by atoms with Gasteiger partial charge >= 0.3 is 0 Å². The molecule has 0 amide bonds. The van der Waals surface area contributed by atoms with E-state index in [-0.39, 0.29) is 5.82 Å². The van der Waals surface area contributed by atoms with E-state index >= 15 is 0 Å². The van der Waals surface area contributed by atoms with Gasteiger partial charge in [0.15, 0.2) is 0 Å². The predicted molar refractivity (Wildman–Crippen MR) is 51.6 cm³/mol. The Morgan fingerprint density at radius 3 is 2.64 bits per heavy atom. The van der Waals surface area contributed by atoms with E-state index in [1.54, 1.807) is 6.92 Å². The fraction of sp³-hybridized carbons (Fsp3) is 0.400. The van der Waals surface area contributed by atoms with Crippen molar-refractivity contribution in [1.29, 1.82) is 0 Å². The second-order valence-electron chi connectivity index (χ2n) is 3.15. The van der Waals surface area contributed by atoms with Crippen molar-refractivity contribution in [3.63, 3.8) is 0 Å². The van der Waals surface area contributed by atoms with Gasteiger partial charge in [-0.1, -0.05) is 6.07 Å². The van der Waals surface area contributed by atoms with Crippen molar-refractivity contribution < 1.29 is 14.2 Å². The highest BCUT2D eigenvalue weighted by atomic mass is 19.1. The first-order valence-corrected chi connectivity index (χ1v) is 4.33. The molecule has 14 heavy (non-hydrogen) atoms. The minimum Gasteiger partial charge on any atom is -0.496 e. The van der Waals surface area contributed by atoms with E-state index in [0.717, 1.165) is 0 Å². The van der Waals surface area contributed by atoms with Gasteiger partial charge in [0.1, 0.15) is 11.6 Å². The van der Waals surface area contributed by atoms with Crippen LogP contribution in [0.1, 0.15) is 18.5 Å². The smallest absolute Gasteiger partial charge is 0.126 e. The van der Waals surface area contributed by atoms with Gasteiger partial charge < -0.3 is 15.6 Å². The molecule has 2 atom stereocenters. The van der Waals surface area contributed by atoms with E-state index < -0.39 is 12.1 Å². The van der Waals surface area contributed by atoms with Crippen LogP contribution in [0.2, 0.25) is 0 Å². The lowest BCUT2D eigenvalue weighted by Gasteiger charge is -2.17. The number of nitrogens with two attached hydrogens (primary N) is 1. The fourth-order valence-electron chi connectivity index (χ4n) is 1.22. The Morgan fingerprint density at radius 1 is 1.50 bits per heavy atom. The third-order valence-electron chi connectivity index (χ3n) is 2.07. The van der Waals surface area contributed by atoms with Crippen molar-refractivity contribution in [2.45, 2.75) is 19.1 Å². The molecule has 0 radical (unpaired) electrons. The lowest BCUT2D eigenvalue weighted by Crippen LogP contribution is -2.23. The second kappa shape index (κ2) is 4.39. The van der Waals surface area contributed by atoms with Gasteiger partial charge in [-0.2, -0.15) is 0 Å². The Labute approximate surface area is 82.3 Å². The van der Waals surface area contributed by atoms with Gasteiger partial charge in [0.2, 0.25) is 0 Å². The summed E-state index contributed by atoms with van der Waals surface area (Å²) in [6.07, 6.45) is -0.700. The maximum absolute atomic E-state index is 12.8. The lowest BCUT2D eigenvalue weighted by atomic mass is 10.0. The molecule has 0 aliphatic rings. The molecule has 3 nitrogen and oxygen atoms in total. The van der Waals surface area contributed by atoms with E-state index in [2.05, 4.69) is 0 Å². The normalized spacial score (nSPS) is 14.9. The summed E-state index contributed by atoms with van der Waals surface area (Å²) in [6.45, 7) is 1.58. The molecule has 1 rings (SSSR count). The molecule has 0 unspecified atom stereocenters. The van der Waals surface area contributed by atoms with E-state index in [1.165, 1.54) is 25.3 Å². The van der Waals surface area contributed by atoms with Gasteiger partial charge in [-0.05, 0) is 13.0 Å². The first-order valence-electron chi connectivity index (χ1n) is 4.33. The third kappa shape index (κ3) is 2.21. The summed E-state index contributed by atoms with van der Waals surface area (Å²) in [5.74, 6) is -0.0261. The second-order valence-corrected chi connectivity index (χ2v) is 3.15. The Kier molecular flexibility index (Phi) is 3.43. The number of halogens is 1. The zero-order valence-corrected chi connectivity index (χ0v) is 8.20. The molecule has 0 aliphatic heterocycles. The molecule has 3 N–H and O–H groups in total. The molecule has 78 valence electrons. The topological polar surface area (TPSA) is 55.5 Å². The summed E-state index contributed by atoms with van der Waals surface area (Å²) >= 11 is 0. The highest BCUT2D eigenvalue weighted by Gasteiger charge is 2.16. The van der Waals surface area contributed by atoms with Gasteiger partial charge in [-0.15, -0.1) is 0 Å². The van der Waals surface area contributed by atoms with Crippen LogP contribution in [0.3, 0.4) is 0 Å². The molecule has 0 aromatic heterocycles. The van der Waals surface area contributed by atoms with E-state index in [0.29, 0.717) is 11.3 Å². The van der Waals surface area contributed by atoms with Crippen molar-refractivity contribution in [2.24, 2.45) is 5.73 Å². The summed E-state index contributed by atoms with van der Waals surface area (Å²) < 4.78 is 17.8. The monoisotopic (exact) mass is 199 g/mol. The number of rotatable bonds is 3. The van der Waals surface area contributed by atoms with Crippen LogP contribution in [0.4, 0.5) is 4.39 Å². The first kappa shape index (κ1) is 10.9. The number of aliphatic hydroxyl groups is 1. The summed E-state index contributed by atoms with van der Waals surface area (Å²) in [5, 5.41) is 9.29. The Hall–Kier alpha value is -1.13. The molecule has 0 aliphatic carbocycles. The maximum Gasteiger partial charge on any atom is 0.126 e. The number of aliphatic hydroxyl groups excluding tert-OH is 1. The van der Waals surface area contributed by atoms with Gasteiger partial charge in [0.05, 0.1) is 19.3 Å². The highest BCUT2D eigenvalue weighted by Crippen LogP contribution is 2.26. The molecule has 0 saturated heterocycles. The van der Waals surface area contributed by atoms with Gasteiger partial charge in [-0.25, -0.2) is 4.39 Å². The molecule has 4 heteroatoms. The van der Waals surface area contributed by atoms with Crippen LogP contribution >= 0.6 is 0 Å².